The second-order valence-electron chi connectivity index (χ2n) is 13.2. The van der Waals surface area contributed by atoms with Crippen LogP contribution in [0.5, 0.6) is 5.75 Å². The number of rotatable bonds is 8. The number of hydrogen-bond donors (Lipinski definition) is 3. The fourth-order valence-corrected chi connectivity index (χ4v) is 6.25. The topological polar surface area (TPSA) is 116 Å². The van der Waals surface area contributed by atoms with Crippen molar-refractivity contribution in [2.75, 3.05) is 44.0 Å². The molecular weight excluding hydrogens is 618 g/mol. The van der Waals surface area contributed by atoms with E-state index in [9.17, 15) is 14.7 Å². The molecule has 0 spiro atoms. The lowest BCUT2D eigenvalue weighted by Crippen LogP contribution is -2.47. The van der Waals surface area contributed by atoms with Gasteiger partial charge in [0.15, 0.2) is 0 Å². The standard InChI is InChI=1S/C39H49N5O5/c1-27-23-44(28(2)26-45)38(46)34-22-32(41-39(47)42-35-14-9-12-31-11-5-6-13-33(31)35)15-16-36(34)49-29(3)10-7-8-21-48-37(27)25-43(4)24-30-17-19-40-20-18-30/h5-6,9,11-20,22,27-29,37,45H,7-8,10,21,23-26H2,1-4H3,(H2,41,42,47)/t27-,28+,29+,37-/m1/s1. The summed E-state index contributed by atoms with van der Waals surface area (Å²) in [6, 6.07) is 21.9. The smallest absolute Gasteiger partial charge is 0.323 e. The summed E-state index contributed by atoms with van der Waals surface area (Å²) in [5.74, 6) is 0.119. The van der Waals surface area contributed by atoms with Crippen LogP contribution in [0.25, 0.3) is 10.8 Å². The summed E-state index contributed by atoms with van der Waals surface area (Å²) in [6.45, 7) is 8.12. The summed E-state index contributed by atoms with van der Waals surface area (Å²) in [5, 5.41) is 18.1. The van der Waals surface area contributed by atoms with Gasteiger partial charge in [-0.25, -0.2) is 4.79 Å². The average molecular weight is 668 g/mol. The number of amides is 3. The molecule has 0 saturated heterocycles. The van der Waals surface area contributed by atoms with Crippen LogP contribution in [0, 0.1) is 5.92 Å². The van der Waals surface area contributed by atoms with Crippen LogP contribution in [0.2, 0.25) is 0 Å². The Bertz CT molecular complexity index is 1680. The zero-order chi connectivity index (χ0) is 34.8. The Labute approximate surface area is 289 Å². The molecule has 10 heteroatoms. The van der Waals surface area contributed by atoms with Gasteiger partial charge < -0.3 is 30.1 Å². The molecule has 1 aliphatic heterocycles. The number of anilines is 2. The van der Waals surface area contributed by atoms with Crippen molar-refractivity contribution in [3.8, 4) is 5.75 Å². The summed E-state index contributed by atoms with van der Waals surface area (Å²) in [6.07, 6.45) is 5.91. The lowest BCUT2D eigenvalue weighted by Gasteiger charge is -2.36. The fraction of sp³-hybridized carbons (Fsp3) is 0.410. The summed E-state index contributed by atoms with van der Waals surface area (Å²) >= 11 is 0. The van der Waals surface area contributed by atoms with Gasteiger partial charge in [0, 0.05) is 55.6 Å². The molecule has 0 saturated carbocycles. The maximum atomic E-state index is 14.5. The number of pyridine rings is 1. The quantitative estimate of drug-likeness (QED) is 0.189. The first-order valence-electron chi connectivity index (χ1n) is 17.2. The molecule has 0 radical (unpaired) electrons. The van der Waals surface area contributed by atoms with Crippen molar-refractivity contribution >= 4 is 34.1 Å². The number of carbonyl (C=O) groups is 2. The molecule has 0 aliphatic carbocycles. The Hall–Kier alpha value is -4.51. The van der Waals surface area contributed by atoms with Gasteiger partial charge >= 0.3 is 6.03 Å². The lowest BCUT2D eigenvalue weighted by molar-refractivity contribution is -0.0177. The van der Waals surface area contributed by atoms with Crippen molar-refractivity contribution in [2.45, 2.75) is 64.8 Å². The van der Waals surface area contributed by atoms with E-state index >= 15 is 0 Å². The number of aliphatic hydroxyl groups excluding tert-OH is 1. The minimum Gasteiger partial charge on any atom is -0.490 e. The highest BCUT2D eigenvalue weighted by Gasteiger charge is 2.30. The van der Waals surface area contributed by atoms with Gasteiger partial charge in [0.25, 0.3) is 5.91 Å². The van der Waals surface area contributed by atoms with E-state index in [-0.39, 0.29) is 30.6 Å². The molecule has 5 rings (SSSR count). The number of carbonyl (C=O) groups excluding carboxylic acids is 2. The Kier molecular flexibility index (Phi) is 12.6. The van der Waals surface area contributed by atoms with Gasteiger partial charge in [0.05, 0.1) is 36.1 Å². The first-order valence-corrected chi connectivity index (χ1v) is 17.2. The Balaban J connectivity index is 1.39. The van der Waals surface area contributed by atoms with Crippen LogP contribution in [-0.4, -0.2) is 83.4 Å². The third kappa shape index (κ3) is 9.78. The molecule has 4 aromatic rings. The largest absolute Gasteiger partial charge is 0.490 e. The number of aliphatic hydroxyl groups is 1. The van der Waals surface area contributed by atoms with Crippen LogP contribution in [0.3, 0.4) is 0 Å². The maximum absolute atomic E-state index is 14.5. The highest BCUT2D eigenvalue weighted by Crippen LogP contribution is 2.29. The van der Waals surface area contributed by atoms with E-state index in [1.165, 1.54) is 0 Å². The zero-order valence-electron chi connectivity index (χ0n) is 29.0. The summed E-state index contributed by atoms with van der Waals surface area (Å²) < 4.78 is 12.8. The average Bonchev–Trinajstić information content (AvgIpc) is 3.10. The molecule has 1 aliphatic rings. The molecule has 0 bridgehead atoms. The number of ether oxygens (including phenoxy) is 2. The molecule has 0 fully saturated rings. The van der Waals surface area contributed by atoms with Gasteiger partial charge in [-0.2, -0.15) is 0 Å². The maximum Gasteiger partial charge on any atom is 0.323 e. The number of likely N-dealkylation sites (N-methyl/N-ethyl adjacent to an activating group) is 1. The van der Waals surface area contributed by atoms with Crippen molar-refractivity contribution in [1.82, 2.24) is 14.8 Å². The molecule has 10 nitrogen and oxygen atoms in total. The van der Waals surface area contributed by atoms with Gasteiger partial charge in [-0.15, -0.1) is 0 Å². The van der Waals surface area contributed by atoms with E-state index in [0.717, 1.165) is 42.1 Å². The Morgan fingerprint density at radius 2 is 1.82 bits per heavy atom. The minimum absolute atomic E-state index is 0.0446. The second-order valence-corrected chi connectivity index (χ2v) is 13.2. The van der Waals surface area contributed by atoms with Crippen molar-refractivity contribution in [1.29, 1.82) is 0 Å². The fourth-order valence-electron chi connectivity index (χ4n) is 6.25. The molecule has 1 aromatic heterocycles. The first-order chi connectivity index (χ1) is 23.7. The second kappa shape index (κ2) is 17.2. The van der Waals surface area contributed by atoms with E-state index in [2.05, 4.69) is 34.5 Å². The van der Waals surface area contributed by atoms with E-state index in [0.29, 0.717) is 42.4 Å². The van der Waals surface area contributed by atoms with Crippen LogP contribution >= 0.6 is 0 Å². The summed E-state index contributed by atoms with van der Waals surface area (Å²) in [5.41, 5.74) is 2.62. The number of hydrogen-bond acceptors (Lipinski definition) is 7. The highest BCUT2D eigenvalue weighted by atomic mass is 16.5. The van der Waals surface area contributed by atoms with E-state index in [1.807, 2.05) is 68.4 Å². The molecule has 4 atom stereocenters. The normalized spacial score (nSPS) is 19.8. The van der Waals surface area contributed by atoms with Crippen LogP contribution in [0.4, 0.5) is 16.2 Å². The van der Waals surface area contributed by atoms with E-state index < -0.39 is 12.1 Å². The van der Waals surface area contributed by atoms with Crippen LogP contribution in [-0.2, 0) is 11.3 Å². The van der Waals surface area contributed by atoms with E-state index in [4.69, 9.17) is 9.47 Å². The predicted molar refractivity (Wildman–Crippen MR) is 194 cm³/mol. The molecular formula is C39H49N5O5. The summed E-state index contributed by atoms with van der Waals surface area (Å²) in [4.78, 5) is 35.7. The number of benzene rings is 3. The number of urea groups is 1. The van der Waals surface area contributed by atoms with Gasteiger partial charge in [0.2, 0.25) is 0 Å². The number of nitrogens with zero attached hydrogens (tertiary/aromatic N) is 3. The van der Waals surface area contributed by atoms with Crippen LogP contribution < -0.4 is 15.4 Å². The van der Waals surface area contributed by atoms with Gasteiger partial charge in [-0.05, 0) is 87.5 Å². The van der Waals surface area contributed by atoms with Gasteiger partial charge in [-0.1, -0.05) is 43.3 Å². The highest BCUT2D eigenvalue weighted by molar-refractivity contribution is 6.07. The number of fused-ring (bicyclic) bond motifs is 2. The molecule has 49 heavy (non-hydrogen) atoms. The summed E-state index contributed by atoms with van der Waals surface area (Å²) in [7, 11) is 2.07. The molecule has 3 N–H and O–H groups in total. The minimum atomic E-state index is -0.463. The monoisotopic (exact) mass is 667 g/mol. The Morgan fingerprint density at radius 3 is 2.61 bits per heavy atom. The number of nitrogens with one attached hydrogen (secondary N) is 2. The molecule has 0 unspecified atom stereocenters. The van der Waals surface area contributed by atoms with Crippen LogP contribution in [0.15, 0.2) is 85.2 Å². The molecule has 260 valence electrons. The molecule has 3 amide bonds. The van der Waals surface area contributed by atoms with Crippen molar-refractivity contribution in [3.05, 3.63) is 96.3 Å². The lowest BCUT2D eigenvalue weighted by atomic mass is 10.0. The SMILES string of the molecule is C[C@@H]1CN([C@@H](C)CO)C(=O)c2cc(NC(=O)Nc3cccc4ccccc34)ccc2O[C@@H](C)CCCCO[C@@H]1CN(C)Cc1ccncc1. The molecule has 2 heterocycles. The van der Waals surface area contributed by atoms with Crippen LogP contribution in [0.1, 0.15) is 56.0 Å². The van der Waals surface area contributed by atoms with Gasteiger partial charge in [-0.3, -0.25) is 14.7 Å². The zero-order valence-corrected chi connectivity index (χ0v) is 29.0. The predicted octanol–water partition coefficient (Wildman–Crippen LogP) is 6.81. The molecule has 3 aromatic carbocycles. The van der Waals surface area contributed by atoms with Crippen molar-refractivity contribution in [3.63, 3.8) is 0 Å². The van der Waals surface area contributed by atoms with Gasteiger partial charge in [0.1, 0.15) is 5.75 Å². The Morgan fingerprint density at radius 1 is 1.04 bits per heavy atom. The third-order valence-electron chi connectivity index (χ3n) is 9.04. The first kappa shape index (κ1) is 35.8. The number of aromatic nitrogens is 1. The third-order valence-corrected chi connectivity index (χ3v) is 9.04. The van der Waals surface area contributed by atoms with Crippen molar-refractivity contribution < 1.29 is 24.2 Å². The van der Waals surface area contributed by atoms with E-state index in [1.54, 1.807) is 35.5 Å². The van der Waals surface area contributed by atoms with Crippen molar-refractivity contribution in [2.24, 2.45) is 5.92 Å².